The van der Waals surface area contributed by atoms with Crippen molar-refractivity contribution in [3.63, 3.8) is 0 Å². The third kappa shape index (κ3) is 4.89. The maximum Gasteiger partial charge on any atom is 0.290 e. The Morgan fingerprint density at radius 1 is 1.12 bits per heavy atom. The van der Waals surface area contributed by atoms with Gasteiger partial charge in [-0.25, -0.2) is 0 Å². The summed E-state index contributed by atoms with van der Waals surface area (Å²) in [6.45, 7) is 6.26. The molecule has 1 unspecified atom stereocenters. The second-order valence-electron chi connectivity index (χ2n) is 9.02. The molecule has 0 saturated carbocycles. The van der Waals surface area contributed by atoms with Gasteiger partial charge in [0.15, 0.2) is 34.4 Å². The average Bonchev–Trinajstić information content (AvgIpc) is 3.52. The number of aliphatic hydroxyl groups is 1. The van der Waals surface area contributed by atoms with E-state index >= 15 is 0 Å². The number of methoxy groups -OCH3 is 1. The minimum Gasteiger partial charge on any atom is -0.503 e. The van der Waals surface area contributed by atoms with E-state index in [0.29, 0.717) is 40.4 Å². The van der Waals surface area contributed by atoms with Gasteiger partial charge < -0.3 is 28.6 Å². The molecule has 0 radical (unpaired) electrons. The zero-order valence-corrected chi connectivity index (χ0v) is 22.1. The molecule has 4 aromatic rings. The van der Waals surface area contributed by atoms with Gasteiger partial charge in [0.05, 0.1) is 25.3 Å². The van der Waals surface area contributed by atoms with Crippen LogP contribution in [0, 0.1) is 0 Å². The van der Waals surface area contributed by atoms with E-state index < -0.39 is 23.5 Å². The van der Waals surface area contributed by atoms with Crippen molar-refractivity contribution in [1.29, 1.82) is 0 Å². The van der Waals surface area contributed by atoms with Gasteiger partial charge in [-0.3, -0.25) is 14.6 Å². The first-order valence-electron chi connectivity index (χ1n) is 12.7. The normalized spacial score (nSPS) is 15.0. The van der Waals surface area contributed by atoms with Crippen molar-refractivity contribution in [3.05, 3.63) is 108 Å². The zero-order chi connectivity index (χ0) is 28.2. The minimum atomic E-state index is -0.942. The molecule has 0 saturated heterocycles. The van der Waals surface area contributed by atoms with Gasteiger partial charge in [0.2, 0.25) is 5.78 Å². The van der Waals surface area contributed by atoms with Crippen LogP contribution in [0.2, 0.25) is 0 Å². The molecule has 1 N–H and O–H groups in total. The number of furan rings is 1. The van der Waals surface area contributed by atoms with Gasteiger partial charge in [0.25, 0.3) is 5.91 Å². The Kier molecular flexibility index (Phi) is 7.54. The predicted molar refractivity (Wildman–Crippen MR) is 148 cm³/mol. The summed E-state index contributed by atoms with van der Waals surface area (Å²) in [5, 5.41) is 11.8. The largest absolute Gasteiger partial charge is 0.503 e. The van der Waals surface area contributed by atoms with E-state index in [0.717, 1.165) is 5.56 Å². The molecule has 5 rings (SSSR count). The van der Waals surface area contributed by atoms with E-state index in [-0.39, 0.29) is 24.5 Å². The van der Waals surface area contributed by atoms with E-state index in [1.165, 1.54) is 12.0 Å². The number of aromatic nitrogens is 1. The number of carbonyl (C=O) groups excluding carboxylic acids is 2. The lowest BCUT2D eigenvalue weighted by Gasteiger charge is -2.27. The number of hydrogen-bond donors (Lipinski definition) is 1. The number of Topliss-reactive ketones (excluding diaryl/α,β-unsaturated/α-hetero) is 1. The number of fused-ring (bicyclic) bond motifs is 1. The van der Waals surface area contributed by atoms with Crippen molar-refractivity contribution in [2.24, 2.45) is 0 Å². The fourth-order valence-corrected chi connectivity index (χ4v) is 4.76. The second-order valence-corrected chi connectivity index (χ2v) is 9.02. The highest BCUT2D eigenvalue weighted by Crippen LogP contribution is 2.43. The van der Waals surface area contributed by atoms with Crippen LogP contribution in [-0.4, -0.2) is 47.0 Å². The topological polar surface area (TPSA) is 111 Å². The number of nitrogens with zero attached hydrogens (tertiary/aromatic N) is 2. The van der Waals surface area contributed by atoms with E-state index in [4.69, 9.17) is 18.6 Å². The summed E-state index contributed by atoms with van der Waals surface area (Å²) < 4.78 is 22.8. The first kappa shape index (κ1) is 26.6. The monoisotopic (exact) mass is 540 g/mol. The van der Waals surface area contributed by atoms with Crippen molar-refractivity contribution in [1.82, 2.24) is 9.88 Å². The lowest BCUT2D eigenvalue weighted by molar-refractivity contribution is -0.130. The molecule has 2 aromatic carbocycles. The van der Waals surface area contributed by atoms with E-state index in [9.17, 15) is 14.7 Å². The van der Waals surface area contributed by atoms with Gasteiger partial charge in [-0.05, 0) is 48.4 Å². The minimum absolute atomic E-state index is 0.0296. The molecule has 1 amide bonds. The fraction of sp³-hybridized carbons (Fsp3) is 0.194. The van der Waals surface area contributed by atoms with Crippen LogP contribution in [0.25, 0.3) is 11.0 Å². The third-order valence-corrected chi connectivity index (χ3v) is 6.52. The molecule has 0 spiro atoms. The number of hydrogen-bond acceptors (Lipinski definition) is 8. The van der Waals surface area contributed by atoms with Crippen LogP contribution in [-0.2, 0) is 11.3 Å². The molecule has 40 heavy (non-hydrogen) atoms. The number of carbonyl (C=O) groups is 2. The Morgan fingerprint density at radius 3 is 2.70 bits per heavy atom. The molecule has 1 atom stereocenters. The molecule has 0 bridgehead atoms. The summed E-state index contributed by atoms with van der Waals surface area (Å²) in [6.07, 6.45) is 4.88. The summed E-state index contributed by atoms with van der Waals surface area (Å²) in [7, 11) is 1.51. The number of aliphatic hydroxyl groups excluding tert-OH is 1. The number of amides is 1. The molecule has 1 aliphatic heterocycles. The predicted octanol–water partition coefficient (Wildman–Crippen LogP) is 5.58. The van der Waals surface area contributed by atoms with Crippen LogP contribution in [0.3, 0.4) is 0 Å². The van der Waals surface area contributed by atoms with Crippen molar-refractivity contribution < 1.29 is 33.3 Å². The van der Waals surface area contributed by atoms with Crippen molar-refractivity contribution in [3.8, 4) is 17.2 Å². The van der Waals surface area contributed by atoms with Crippen LogP contribution >= 0.6 is 0 Å². The molecular formula is C31H28N2O7. The summed E-state index contributed by atoms with van der Waals surface area (Å²) in [4.78, 5) is 33.0. The molecule has 0 aliphatic carbocycles. The number of benzene rings is 2. The van der Waals surface area contributed by atoms with Gasteiger partial charge in [0, 0.05) is 24.3 Å². The molecule has 1 aliphatic rings. The summed E-state index contributed by atoms with van der Waals surface area (Å²) >= 11 is 0. The number of pyridine rings is 1. The fourth-order valence-electron chi connectivity index (χ4n) is 4.76. The van der Waals surface area contributed by atoms with Gasteiger partial charge in [-0.1, -0.05) is 36.9 Å². The van der Waals surface area contributed by atoms with Gasteiger partial charge in [-0.15, -0.1) is 0 Å². The third-order valence-electron chi connectivity index (χ3n) is 6.52. The standard InChI is InChI=1S/C31H28N2O7/c1-4-14-39-22-12-11-20(15-24(22)38-5-2)27-26(29(35)31(36)33(27)18-19-8-7-13-32-17-19)28(34)25-16-21-9-6-10-23(37-3)30(21)40-25/h4,6-13,15-17,27,35H,1,5,14,18H2,2-3H3. The van der Waals surface area contributed by atoms with Crippen molar-refractivity contribution in [2.75, 3.05) is 20.3 Å². The average molecular weight is 541 g/mol. The first-order chi connectivity index (χ1) is 19.5. The number of ketones is 1. The molecule has 9 nitrogen and oxygen atoms in total. The Labute approximate surface area is 230 Å². The maximum atomic E-state index is 14.0. The van der Waals surface area contributed by atoms with Crippen molar-refractivity contribution >= 4 is 22.7 Å². The molecule has 3 heterocycles. The molecular weight excluding hydrogens is 512 g/mol. The van der Waals surface area contributed by atoms with Gasteiger partial charge >= 0.3 is 0 Å². The highest BCUT2D eigenvalue weighted by atomic mass is 16.5. The summed E-state index contributed by atoms with van der Waals surface area (Å²) in [6, 6.07) is 14.7. The van der Waals surface area contributed by atoms with Gasteiger partial charge in [0.1, 0.15) is 6.61 Å². The zero-order valence-electron chi connectivity index (χ0n) is 22.1. The maximum absolute atomic E-state index is 14.0. The number of para-hydroxylation sites is 1. The Morgan fingerprint density at radius 2 is 1.98 bits per heavy atom. The van der Waals surface area contributed by atoms with Crippen LogP contribution in [0.1, 0.15) is 34.6 Å². The summed E-state index contributed by atoms with van der Waals surface area (Å²) in [5.41, 5.74) is 1.57. The second kappa shape index (κ2) is 11.4. The van der Waals surface area contributed by atoms with Crippen molar-refractivity contribution in [2.45, 2.75) is 19.5 Å². The van der Waals surface area contributed by atoms with E-state index in [1.54, 1.807) is 67.0 Å². The highest BCUT2D eigenvalue weighted by molar-refractivity contribution is 6.16. The van der Waals surface area contributed by atoms with Gasteiger partial charge in [-0.2, -0.15) is 0 Å². The lowest BCUT2D eigenvalue weighted by atomic mass is 9.94. The van der Waals surface area contributed by atoms with Crippen LogP contribution in [0.15, 0.2) is 95.4 Å². The van der Waals surface area contributed by atoms with Crippen LogP contribution in [0.5, 0.6) is 17.2 Å². The SMILES string of the molecule is C=CCOc1ccc(C2C(C(=O)c3cc4cccc(OC)c4o3)=C(O)C(=O)N2Cc2cccnc2)cc1OCC. The first-order valence-corrected chi connectivity index (χ1v) is 12.7. The van der Waals surface area contributed by atoms with E-state index in [2.05, 4.69) is 11.6 Å². The number of rotatable bonds is 11. The lowest BCUT2D eigenvalue weighted by Crippen LogP contribution is -2.30. The molecule has 9 heteroatoms. The highest BCUT2D eigenvalue weighted by Gasteiger charge is 2.45. The summed E-state index contributed by atoms with van der Waals surface area (Å²) in [5.74, 6) is -0.595. The molecule has 0 fully saturated rings. The Balaban J connectivity index is 1.62. The smallest absolute Gasteiger partial charge is 0.290 e. The number of ether oxygens (including phenoxy) is 3. The van der Waals surface area contributed by atoms with Crippen LogP contribution < -0.4 is 14.2 Å². The van der Waals surface area contributed by atoms with E-state index in [1.807, 2.05) is 13.0 Å². The Hall–Kier alpha value is -5.05. The Bertz CT molecular complexity index is 1610. The van der Waals surface area contributed by atoms with Crippen LogP contribution in [0.4, 0.5) is 0 Å². The molecule has 2 aromatic heterocycles. The molecule has 204 valence electrons. The quantitative estimate of drug-likeness (QED) is 0.194.